The van der Waals surface area contributed by atoms with Gasteiger partial charge in [0.15, 0.2) is 17.3 Å². The molecule has 0 radical (unpaired) electrons. The summed E-state index contributed by atoms with van der Waals surface area (Å²) in [5.74, 6) is 1.23. The van der Waals surface area contributed by atoms with E-state index < -0.39 is 11.0 Å². The molecule has 0 N–H and O–H groups in total. The zero-order valence-corrected chi connectivity index (χ0v) is 16.8. The normalized spacial score (nSPS) is 18.9. The highest BCUT2D eigenvalue weighted by molar-refractivity contribution is 6.08. The molecule has 0 amide bonds. The highest BCUT2D eigenvalue weighted by atomic mass is 16.6. The molecule has 2 atom stereocenters. The Morgan fingerprint density at radius 2 is 1.86 bits per heavy atom. The molecular weight excluding hydrogens is 372 g/mol. The van der Waals surface area contributed by atoms with Crippen LogP contribution >= 0.6 is 0 Å². The van der Waals surface area contributed by atoms with Crippen LogP contribution in [0, 0.1) is 16.0 Å². The van der Waals surface area contributed by atoms with Crippen LogP contribution in [0.15, 0.2) is 47.5 Å². The van der Waals surface area contributed by atoms with Crippen molar-refractivity contribution in [2.75, 3.05) is 14.2 Å². The van der Waals surface area contributed by atoms with E-state index in [4.69, 9.17) is 14.5 Å². The number of rotatable bonds is 7. The molecule has 29 heavy (non-hydrogen) atoms. The van der Waals surface area contributed by atoms with Gasteiger partial charge in [-0.05, 0) is 30.2 Å². The quantitative estimate of drug-likeness (QED) is 0.521. The van der Waals surface area contributed by atoms with Crippen molar-refractivity contribution >= 4 is 17.2 Å². The molecule has 0 aliphatic carbocycles. The van der Waals surface area contributed by atoms with E-state index in [1.165, 1.54) is 6.07 Å². The average Bonchev–Trinajstić information content (AvgIpc) is 2.74. The summed E-state index contributed by atoms with van der Waals surface area (Å²) >= 11 is 0. The summed E-state index contributed by atoms with van der Waals surface area (Å²) in [6, 6.07) is 11.4. The van der Waals surface area contributed by atoms with Gasteiger partial charge in [-0.3, -0.25) is 19.9 Å². The van der Waals surface area contributed by atoms with Crippen LogP contribution in [0.3, 0.4) is 0 Å². The van der Waals surface area contributed by atoms with Crippen LogP contribution in [-0.2, 0) is 11.2 Å². The summed E-state index contributed by atoms with van der Waals surface area (Å²) in [5.41, 5.74) is 2.23. The molecule has 7 nitrogen and oxygen atoms in total. The fraction of sp³-hybridized carbons (Fsp3) is 0.364. The molecule has 1 aliphatic rings. The maximum atomic E-state index is 12.7. The lowest BCUT2D eigenvalue weighted by molar-refractivity contribution is -0.385. The van der Waals surface area contributed by atoms with Gasteiger partial charge in [0.05, 0.1) is 19.1 Å². The second kappa shape index (κ2) is 8.86. The fourth-order valence-electron chi connectivity index (χ4n) is 3.69. The third kappa shape index (κ3) is 4.29. The van der Waals surface area contributed by atoms with Crippen molar-refractivity contribution < 1.29 is 19.2 Å². The minimum atomic E-state index is -0.637. The highest BCUT2D eigenvalue weighted by Gasteiger charge is 2.32. The van der Waals surface area contributed by atoms with E-state index in [0.29, 0.717) is 23.5 Å². The van der Waals surface area contributed by atoms with Crippen molar-refractivity contribution in [1.29, 1.82) is 0 Å². The minimum Gasteiger partial charge on any atom is -0.493 e. The molecule has 0 spiro atoms. The largest absolute Gasteiger partial charge is 0.493 e. The lowest BCUT2D eigenvalue weighted by Gasteiger charge is -2.27. The van der Waals surface area contributed by atoms with E-state index >= 15 is 0 Å². The van der Waals surface area contributed by atoms with Crippen LogP contribution in [0.1, 0.15) is 30.9 Å². The molecule has 0 aromatic heterocycles. The number of nitro groups is 1. The molecule has 1 heterocycles. The fourth-order valence-corrected chi connectivity index (χ4v) is 3.69. The molecule has 1 aliphatic heterocycles. The van der Waals surface area contributed by atoms with Gasteiger partial charge in [-0.1, -0.05) is 25.1 Å². The standard InChI is InChI=1S/C22H24N2O5/c1-4-14-12-19(25)17(11-15-7-5-6-8-18(15)24(26)27)23-22(14)16-9-10-20(28-2)21(13-16)29-3/h5-10,13-14,17H,4,11-12H2,1-3H3. The van der Waals surface area contributed by atoms with E-state index in [0.717, 1.165) is 17.7 Å². The maximum Gasteiger partial charge on any atom is 0.272 e. The van der Waals surface area contributed by atoms with Crippen molar-refractivity contribution in [2.45, 2.75) is 32.2 Å². The van der Waals surface area contributed by atoms with Gasteiger partial charge in [0.25, 0.3) is 5.69 Å². The van der Waals surface area contributed by atoms with Gasteiger partial charge in [0, 0.05) is 36.1 Å². The average molecular weight is 396 g/mol. The molecule has 2 aromatic rings. The van der Waals surface area contributed by atoms with Crippen molar-refractivity contribution in [3.63, 3.8) is 0 Å². The maximum absolute atomic E-state index is 12.7. The first kappa shape index (κ1) is 20.5. The van der Waals surface area contributed by atoms with Gasteiger partial charge in [-0.2, -0.15) is 0 Å². The molecule has 0 saturated carbocycles. The summed E-state index contributed by atoms with van der Waals surface area (Å²) in [6.45, 7) is 2.02. The molecule has 0 bridgehead atoms. The first-order valence-corrected chi connectivity index (χ1v) is 9.53. The number of hydrogen-bond donors (Lipinski definition) is 0. The molecule has 3 rings (SSSR count). The molecule has 0 saturated heterocycles. The Hall–Kier alpha value is -3.22. The molecule has 7 heteroatoms. The molecule has 152 valence electrons. The molecule has 2 aromatic carbocycles. The van der Waals surface area contributed by atoms with Crippen molar-refractivity contribution in [2.24, 2.45) is 10.9 Å². The highest BCUT2D eigenvalue weighted by Crippen LogP contribution is 2.32. The van der Waals surface area contributed by atoms with Crippen molar-refractivity contribution in [1.82, 2.24) is 0 Å². The van der Waals surface area contributed by atoms with Crippen LogP contribution in [-0.4, -0.2) is 36.7 Å². The Bertz CT molecular complexity index is 954. The number of ether oxygens (including phenoxy) is 2. The Morgan fingerprint density at radius 1 is 1.14 bits per heavy atom. The second-order valence-electron chi connectivity index (χ2n) is 6.97. The van der Waals surface area contributed by atoms with Crippen molar-refractivity contribution in [3.8, 4) is 11.5 Å². The summed E-state index contributed by atoms with van der Waals surface area (Å²) in [5, 5.41) is 11.3. The topological polar surface area (TPSA) is 91.0 Å². The first-order valence-electron chi connectivity index (χ1n) is 9.53. The number of benzene rings is 2. The van der Waals surface area contributed by atoms with Crippen LogP contribution < -0.4 is 9.47 Å². The van der Waals surface area contributed by atoms with E-state index in [2.05, 4.69) is 0 Å². The summed E-state index contributed by atoms with van der Waals surface area (Å²) < 4.78 is 10.7. The Labute approximate surface area is 169 Å². The number of nitrogens with zero attached hydrogens (tertiary/aromatic N) is 2. The predicted molar refractivity (Wildman–Crippen MR) is 110 cm³/mol. The zero-order chi connectivity index (χ0) is 21.0. The van der Waals surface area contributed by atoms with Gasteiger partial charge in [-0.15, -0.1) is 0 Å². The lowest BCUT2D eigenvalue weighted by Crippen LogP contribution is -2.34. The third-order valence-electron chi connectivity index (χ3n) is 5.27. The summed E-state index contributed by atoms with van der Waals surface area (Å²) in [6.07, 6.45) is 1.36. The number of para-hydroxylation sites is 1. The second-order valence-corrected chi connectivity index (χ2v) is 6.97. The van der Waals surface area contributed by atoms with Crippen LogP contribution in [0.2, 0.25) is 0 Å². The molecular formula is C22H24N2O5. The van der Waals surface area contributed by atoms with Crippen molar-refractivity contribution in [3.05, 3.63) is 63.7 Å². The molecule has 2 unspecified atom stereocenters. The van der Waals surface area contributed by atoms with Gasteiger partial charge < -0.3 is 9.47 Å². The van der Waals surface area contributed by atoms with E-state index in [-0.39, 0.29) is 23.8 Å². The summed E-state index contributed by atoms with van der Waals surface area (Å²) in [4.78, 5) is 28.4. The Kier molecular flexibility index (Phi) is 6.26. The van der Waals surface area contributed by atoms with E-state index in [1.807, 2.05) is 25.1 Å². The summed E-state index contributed by atoms with van der Waals surface area (Å²) in [7, 11) is 3.15. The predicted octanol–water partition coefficient (Wildman–Crippen LogP) is 4.01. The van der Waals surface area contributed by atoms with E-state index in [9.17, 15) is 14.9 Å². The van der Waals surface area contributed by atoms with Gasteiger partial charge in [-0.25, -0.2) is 0 Å². The molecule has 0 fully saturated rings. The third-order valence-corrected chi connectivity index (χ3v) is 5.27. The van der Waals surface area contributed by atoms with E-state index in [1.54, 1.807) is 32.4 Å². The van der Waals surface area contributed by atoms with Gasteiger partial charge in [0.2, 0.25) is 0 Å². The lowest BCUT2D eigenvalue weighted by atomic mass is 9.83. The van der Waals surface area contributed by atoms with Gasteiger partial charge in [0.1, 0.15) is 6.04 Å². The number of nitro benzene ring substituents is 1. The Morgan fingerprint density at radius 3 is 2.52 bits per heavy atom. The van der Waals surface area contributed by atoms with Gasteiger partial charge >= 0.3 is 0 Å². The SMILES string of the molecule is CCC1CC(=O)C(Cc2ccccc2[N+](=O)[O-])N=C1c1ccc(OC)c(OC)c1. The van der Waals surface area contributed by atoms with Crippen LogP contribution in [0.4, 0.5) is 5.69 Å². The zero-order valence-electron chi connectivity index (χ0n) is 16.8. The van der Waals surface area contributed by atoms with Crippen LogP contribution in [0.5, 0.6) is 11.5 Å². The first-order chi connectivity index (χ1) is 14.0. The smallest absolute Gasteiger partial charge is 0.272 e. The monoisotopic (exact) mass is 396 g/mol. The minimum absolute atomic E-state index is 0.00242. The number of carbonyl (C=O) groups excluding carboxylic acids is 1. The van der Waals surface area contributed by atoms with Crippen LogP contribution in [0.25, 0.3) is 0 Å². The number of ketones is 1. The number of Topliss-reactive ketones (excluding diaryl/α,β-unsaturated/α-hetero) is 1. The number of carbonyl (C=O) groups is 1. The Balaban J connectivity index is 2.00. The number of hydrogen-bond acceptors (Lipinski definition) is 6. The number of methoxy groups -OCH3 is 2. The number of aliphatic imine (C=N–C) groups is 1.